The van der Waals surface area contributed by atoms with Gasteiger partial charge < -0.3 is 20.0 Å². The molecule has 2 aromatic rings. The summed E-state index contributed by atoms with van der Waals surface area (Å²) in [6.07, 6.45) is 4.13. The molecule has 1 saturated heterocycles. The summed E-state index contributed by atoms with van der Waals surface area (Å²) in [4.78, 5) is 14.4. The largest absolute Gasteiger partial charge is 0.468 e. The van der Waals surface area contributed by atoms with E-state index in [0.717, 1.165) is 30.5 Å². The Labute approximate surface area is 143 Å². The Morgan fingerprint density at radius 2 is 1.96 bits per heavy atom. The lowest BCUT2D eigenvalue weighted by molar-refractivity contribution is -0.115. The minimum Gasteiger partial charge on any atom is -0.468 e. The Bertz CT molecular complexity index is 629. The molecule has 0 aliphatic carbocycles. The van der Waals surface area contributed by atoms with Crippen molar-refractivity contribution in [1.29, 1.82) is 0 Å². The SMILES string of the molecule is CC1CCN(c2ccc(NC(=O)CNCc3ccco3)cc2)CC1. The second-order valence-electron chi connectivity index (χ2n) is 6.45. The average molecular weight is 327 g/mol. The highest BCUT2D eigenvalue weighted by molar-refractivity contribution is 5.92. The molecule has 128 valence electrons. The van der Waals surface area contributed by atoms with Crippen molar-refractivity contribution in [3.63, 3.8) is 0 Å². The minimum atomic E-state index is -0.0545. The smallest absolute Gasteiger partial charge is 0.238 e. The van der Waals surface area contributed by atoms with Crippen LogP contribution in [0.4, 0.5) is 11.4 Å². The van der Waals surface area contributed by atoms with Crippen LogP contribution in [0.15, 0.2) is 47.1 Å². The van der Waals surface area contributed by atoms with Crippen LogP contribution >= 0.6 is 0 Å². The number of hydrogen-bond donors (Lipinski definition) is 2. The summed E-state index contributed by atoms with van der Waals surface area (Å²) >= 11 is 0. The number of hydrogen-bond acceptors (Lipinski definition) is 4. The van der Waals surface area contributed by atoms with E-state index in [1.807, 2.05) is 24.3 Å². The van der Waals surface area contributed by atoms with Crippen molar-refractivity contribution in [2.75, 3.05) is 29.9 Å². The lowest BCUT2D eigenvalue weighted by Gasteiger charge is -2.32. The molecule has 1 aromatic carbocycles. The Kier molecular flexibility index (Phi) is 5.54. The van der Waals surface area contributed by atoms with Gasteiger partial charge in [0.1, 0.15) is 5.76 Å². The average Bonchev–Trinajstić information content (AvgIpc) is 3.10. The predicted octanol–water partition coefficient (Wildman–Crippen LogP) is 3.24. The van der Waals surface area contributed by atoms with E-state index in [2.05, 4.69) is 34.6 Å². The lowest BCUT2D eigenvalue weighted by Crippen LogP contribution is -2.32. The van der Waals surface area contributed by atoms with E-state index in [-0.39, 0.29) is 12.5 Å². The van der Waals surface area contributed by atoms with Gasteiger partial charge in [-0.05, 0) is 55.2 Å². The van der Waals surface area contributed by atoms with E-state index >= 15 is 0 Å². The van der Waals surface area contributed by atoms with Gasteiger partial charge in [0, 0.05) is 24.5 Å². The summed E-state index contributed by atoms with van der Waals surface area (Å²) in [6, 6.07) is 11.8. The molecule has 0 spiro atoms. The molecular formula is C19H25N3O2. The Morgan fingerprint density at radius 3 is 2.62 bits per heavy atom. The van der Waals surface area contributed by atoms with Gasteiger partial charge in [-0.3, -0.25) is 4.79 Å². The molecule has 2 heterocycles. The molecule has 1 aliphatic rings. The summed E-state index contributed by atoms with van der Waals surface area (Å²) in [7, 11) is 0. The molecule has 0 unspecified atom stereocenters. The van der Waals surface area contributed by atoms with Crippen molar-refractivity contribution in [3.8, 4) is 0 Å². The van der Waals surface area contributed by atoms with Crippen LogP contribution in [-0.4, -0.2) is 25.5 Å². The van der Waals surface area contributed by atoms with Crippen LogP contribution in [0, 0.1) is 5.92 Å². The van der Waals surface area contributed by atoms with Crippen LogP contribution in [0.2, 0.25) is 0 Å². The van der Waals surface area contributed by atoms with Crippen LogP contribution in [0.25, 0.3) is 0 Å². The zero-order valence-corrected chi connectivity index (χ0v) is 14.1. The fourth-order valence-electron chi connectivity index (χ4n) is 2.94. The fourth-order valence-corrected chi connectivity index (χ4v) is 2.94. The molecule has 0 bridgehead atoms. The molecule has 0 radical (unpaired) electrons. The second-order valence-corrected chi connectivity index (χ2v) is 6.45. The van der Waals surface area contributed by atoms with Crippen molar-refractivity contribution < 1.29 is 9.21 Å². The molecule has 1 aromatic heterocycles. The first-order valence-corrected chi connectivity index (χ1v) is 8.58. The molecule has 1 aliphatic heterocycles. The van der Waals surface area contributed by atoms with Gasteiger partial charge in [-0.2, -0.15) is 0 Å². The first kappa shape index (κ1) is 16.6. The summed E-state index contributed by atoms with van der Waals surface area (Å²) in [5.41, 5.74) is 2.06. The number of benzene rings is 1. The highest BCUT2D eigenvalue weighted by atomic mass is 16.3. The van der Waals surface area contributed by atoms with Crippen molar-refractivity contribution in [3.05, 3.63) is 48.4 Å². The van der Waals surface area contributed by atoms with Crippen LogP contribution < -0.4 is 15.5 Å². The molecule has 5 nitrogen and oxygen atoms in total. The summed E-state index contributed by atoms with van der Waals surface area (Å²) in [5.74, 6) is 1.59. The number of rotatable bonds is 6. The standard InChI is InChI=1S/C19H25N3O2/c1-15-8-10-22(11-9-15)17-6-4-16(5-7-17)21-19(23)14-20-13-18-3-2-12-24-18/h2-7,12,15,20H,8-11,13-14H2,1H3,(H,21,23). The number of piperidine rings is 1. The third-order valence-electron chi connectivity index (χ3n) is 4.46. The molecule has 5 heteroatoms. The molecule has 1 fully saturated rings. The van der Waals surface area contributed by atoms with Crippen LogP contribution in [-0.2, 0) is 11.3 Å². The third-order valence-corrected chi connectivity index (χ3v) is 4.46. The molecule has 24 heavy (non-hydrogen) atoms. The summed E-state index contributed by atoms with van der Waals surface area (Å²) in [5, 5.41) is 5.97. The van der Waals surface area contributed by atoms with E-state index in [0.29, 0.717) is 6.54 Å². The van der Waals surface area contributed by atoms with Crippen molar-refractivity contribution in [2.24, 2.45) is 5.92 Å². The first-order valence-electron chi connectivity index (χ1n) is 8.58. The normalized spacial score (nSPS) is 15.5. The number of furan rings is 1. The Balaban J connectivity index is 1.44. The van der Waals surface area contributed by atoms with Crippen molar-refractivity contribution in [1.82, 2.24) is 5.32 Å². The van der Waals surface area contributed by atoms with E-state index in [1.54, 1.807) is 6.26 Å². The first-order chi connectivity index (χ1) is 11.7. The molecule has 1 amide bonds. The zero-order valence-electron chi connectivity index (χ0n) is 14.1. The van der Waals surface area contributed by atoms with Crippen molar-refractivity contribution in [2.45, 2.75) is 26.3 Å². The number of carbonyl (C=O) groups is 1. The van der Waals surface area contributed by atoms with Gasteiger partial charge in [0.25, 0.3) is 0 Å². The van der Waals surface area contributed by atoms with Gasteiger partial charge in [-0.1, -0.05) is 6.92 Å². The summed E-state index contributed by atoms with van der Waals surface area (Å²) < 4.78 is 5.21. The van der Waals surface area contributed by atoms with Gasteiger partial charge in [0.15, 0.2) is 0 Å². The Hall–Kier alpha value is -2.27. The zero-order chi connectivity index (χ0) is 16.8. The Morgan fingerprint density at radius 1 is 1.21 bits per heavy atom. The van der Waals surface area contributed by atoms with E-state index in [9.17, 15) is 4.79 Å². The van der Waals surface area contributed by atoms with Gasteiger partial charge in [-0.25, -0.2) is 0 Å². The topological polar surface area (TPSA) is 57.5 Å². The maximum Gasteiger partial charge on any atom is 0.238 e. The molecule has 0 saturated carbocycles. The lowest BCUT2D eigenvalue weighted by atomic mass is 9.99. The molecular weight excluding hydrogens is 302 g/mol. The second kappa shape index (κ2) is 8.02. The maximum absolute atomic E-state index is 11.9. The van der Waals surface area contributed by atoms with Crippen LogP contribution in [0.3, 0.4) is 0 Å². The van der Waals surface area contributed by atoms with Gasteiger partial charge in [-0.15, -0.1) is 0 Å². The number of anilines is 2. The van der Waals surface area contributed by atoms with Crippen LogP contribution in [0.5, 0.6) is 0 Å². The van der Waals surface area contributed by atoms with Gasteiger partial charge in [0.2, 0.25) is 5.91 Å². The number of carbonyl (C=O) groups excluding carboxylic acids is 1. The molecule has 2 N–H and O–H groups in total. The summed E-state index contributed by atoms with van der Waals surface area (Å²) in [6.45, 7) is 5.35. The van der Waals surface area contributed by atoms with Gasteiger partial charge in [0.05, 0.1) is 19.4 Å². The fraction of sp³-hybridized carbons (Fsp3) is 0.421. The predicted molar refractivity (Wildman–Crippen MR) is 96.1 cm³/mol. The number of nitrogens with zero attached hydrogens (tertiary/aromatic N) is 1. The molecule has 3 rings (SSSR count). The third kappa shape index (κ3) is 4.61. The molecule has 0 atom stereocenters. The van der Waals surface area contributed by atoms with E-state index in [1.165, 1.54) is 18.5 Å². The highest BCUT2D eigenvalue weighted by Gasteiger charge is 2.15. The van der Waals surface area contributed by atoms with E-state index < -0.39 is 0 Å². The minimum absolute atomic E-state index is 0.0545. The number of amides is 1. The van der Waals surface area contributed by atoms with Crippen molar-refractivity contribution >= 4 is 17.3 Å². The highest BCUT2D eigenvalue weighted by Crippen LogP contribution is 2.24. The quantitative estimate of drug-likeness (QED) is 0.855. The van der Waals surface area contributed by atoms with Crippen LogP contribution in [0.1, 0.15) is 25.5 Å². The van der Waals surface area contributed by atoms with Gasteiger partial charge >= 0.3 is 0 Å². The van der Waals surface area contributed by atoms with E-state index in [4.69, 9.17) is 4.42 Å². The number of nitrogens with one attached hydrogen (secondary N) is 2. The maximum atomic E-state index is 11.9. The monoisotopic (exact) mass is 327 g/mol.